The standard InChI is InChI=1S/C20H16Br2S2/c21-17-15(11-13-7-3-1-4-8-13)23-20-18(22)16(24-19(17)20)12-14-9-5-2-6-10-14/h1-9,14H,10-12H2. The molecule has 0 spiro atoms. The highest BCUT2D eigenvalue weighted by atomic mass is 79.9. The van der Waals surface area contributed by atoms with Gasteiger partial charge in [-0.2, -0.15) is 0 Å². The zero-order chi connectivity index (χ0) is 16.5. The quantitative estimate of drug-likeness (QED) is 0.358. The Morgan fingerprint density at radius 3 is 2.33 bits per heavy atom. The fraction of sp³-hybridized carbons (Fsp3) is 0.200. The minimum absolute atomic E-state index is 0.627. The molecular weight excluding hydrogens is 464 g/mol. The highest BCUT2D eigenvalue weighted by molar-refractivity contribution is 9.11. The Morgan fingerprint density at radius 1 is 0.917 bits per heavy atom. The van der Waals surface area contributed by atoms with Crippen LogP contribution < -0.4 is 0 Å². The molecule has 2 aromatic heterocycles. The summed E-state index contributed by atoms with van der Waals surface area (Å²) in [6, 6.07) is 10.7. The van der Waals surface area contributed by atoms with Gasteiger partial charge in [0, 0.05) is 25.1 Å². The highest BCUT2D eigenvalue weighted by Gasteiger charge is 2.20. The molecule has 1 aliphatic rings. The summed E-state index contributed by atoms with van der Waals surface area (Å²) < 4.78 is 5.36. The molecule has 0 bridgehead atoms. The normalized spacial score (nSPS) is 17.0. The molecule has 0 N–H and O–H groups in total. The van der Waals surface area contributed by atoms with Gasteiger partial charge >= 0.3 is 0 Å². The third-order valence-corrected chi connectivity index (χ3v) is 9.64. The van der Waals surface area contributed by atoms with Crippen LogP contribution in [0, 0.1) is 5.92 Å². The first-order valence-corrected chi connectivity index (χ1v) is 11.2. The molecule has 4 rings (SSSR count). The predicted molar refractivity (Wildman–Crippen MR) is 114 cm³/mol. The van der Waals surface area contributed by atoms with Crippen molar-refractivity contribution < 1.29 is 0 Å². The van der Waals surface area contributed by atoms with E-state index >= 15 is 0 Å². The van der Waals surface area contributed by atoms with Crippen molar-refractivity contribution in [2.45, 2.75) is 19.3 Å². The molecule has 1 aromatic carbocycles. The van der Waals surface area contributed by atoms with Gasteiger partial charge in [0.05, 0.1) is 9.40 Å². The van der Waals surface area contributed by atoms with Crippen molar-refractivity contribution in [2.24, 2.45) is 5.92 Å². The molecule has 1 unspecified atom stereocenters. The van der Waals surface area contributed by atoms with Crippen molar-refractivity contribution in [1.29, 1.82) is 0 Å². The highest BCUT2D eigenvalue weighted by Crippen LogP contribution is 2.47. The summed E-state index contributed by atoms with van der Waals surface area (Å²) in [7, 11) is 0. The minimum Gasteiger partial charge on any atom is -0.137 e. The summed E-state index contributed by atoms with van der Waals surface area (Å²) in [5.41, 5.74) is 1.36. The number of hydrogen-bond donors (Lipinski definition) is 0. The van der Waals surface area contributed by atoms with Gasteiger partial charge < -0.3 is 0 Å². The molecule has 24 heavy (non-hydrogen) atoms. The third-order valence-electron chi connectivity index (χ3n) is 4.27. The van der Waals surface area contributed by atoms with E-state index in [0.717, 1.165) is 19.3 Å². The maximum Gasteiger partial charge on any atom is 0.0610 e. The van der Waals surface area contributed by atoms with Crippen LogP contribution >= 0.6 is 54.5 Å². The number of halogens is 2. The second-order valence-corrected chi connectivity index (χ2v) is 9.81. The van der Waals surface area contributed by atoms with Gasteiger partial charge in [0.25, 0.3) is 0 Å². The Kier molecular flexibility index (Phi) is 5.09. The predicted octanol–water partition coefficient (Wildman–Crippen LogP) is 7.75. The molecule has 0 saturated carbocycles. The summed E-state index contributed by atoms with van der Waals surface area (Å²) >= 11 is 11.6. The zero-order valence-electron chi connectivity index (χ0n) is 13.0. The molecule has 1 atom stereocenters. The van der Waals surface area contributed by atoms with Crippen LogP contribution in [-0.4, -0.2) is 0 Å². The van der Waals surface area contributed by atoms with Crippen LogP contribution in [0.4, 0.5) is 0 Å². The van der Waals surface area contributed by atoms with Gasteiger partial charge in [-0.15, -0.1) is 22.7 Å². The van der Waals surface area contributed by atoms with E-state index in [0.29, 0.717) is 5.92 Å². The van der Waals surface area contributed by atoms with Gasteiger partial charge in [0.2, 0.25) is 0 Å². The fourth-order valence-electron chi connectivity index (χ4n) is 3.02. The van der Waals surface area contributed by atoms with E-state index in [2.05, 4.69) is 86.5 Å². The lowest BCUT2D eigenvalue weighted by Crippen LogP contribution is -2.00. The number of allylic oxidation sites excluding steroid dienone is 4. The van der Waals surface area contributed by atoms with Crippen molar-refractivity contribution in [1.82, 2.24) is 0 Å². The first kappa shape index (κ1) is 16.8. The van der Waals surface area contributed by atoms with Crippen LogP contribution in [0.25, 0.3) is 9.40 Å². The topological polar surface area (TPSA) is 0 Å². The van der Waals surface area contributed by atoms with Crippen LogP contribution in [0.15, 0.2) is 63.6 Å². The molecule has 0 saturated heterocycles. The average molecular weight is 480 g/mol. The van der Waals surface area contributed by atoms with Gasteiger partial charge in [-0.1, -0.05) is 54.6 Å². The van der Waals surface area contributed by atoms with E-state index in [1.165, 1.54) is 33.7 Å². The smallest absolute Gasteiger partial charge is 0.0610 e. The Bertz CT molecular complexity index is 916. The molecule has 0 aliphatic heterocycles. The van der Waals surface area contributed by atoms with E-state index in [1.54, 1.807) is 0 Å². The summed E-state index contributed by atoms with van der Waals surface area (Å²) in [4.78, 5) is 2.88. The number of thiophene rings is 2. The van der Waals surface area contributed by atoms with Crippen LogP contribution in [-0.2, 0) is 12.8 Å². The molecular formula is C20H16Br2S2. The molecule has 1 aliphatic carbocycles. The fourth-order valence-corrected chi connectivity index (χ4v) is 7.56. The second-order valence-electron chi connectivity index (χ2n) is 6.01. The summed E-state index contributed by atoms with van der Waals surface area (Å²) in [6.45, 7) is 0. The first-order chi connectivity index (χ1) is 11.7. The van der Waals surface area contributed by atoms with Crippen LogP contribution in [0.2, 0.25) is 0 Å². The molecule has 0 fully saturated rings. The lowest BCUT2D eigenvalue weighted by molar-refractivity contribution is 0.659. The van der Waals surface area contributed by atoms with Crippen molar-refractivity contribution in [3.8, 4) is 0 Å². The minimum atomic E-state index is 0.627. The van der Waals surface area contributed by atoms with E-state index in [9.17, 15) is 0 Å². The molecule has 3 aromatic rings. The van der Waals surface area contributed by atoms with E-state index in [-0.39, 0.29) is 0 Å². The summed E-state index contributed by atoms with van der Waals surface area (Å²) in [5.74, 6) is 0.627. The number of benzene rings is 1. The first-order valence-electron chi connectivity index (χ1n) is 7.97. The van der Waals surface area contributed by atoms with E-state index < -0.39 is 0 Å². The zero-order valence-corrected chi connectivity index (χ0v) is 17.8. The van der Waals surface area contributed by atoms with Crippen molar-refractivity contribution in [3.63, 3.8) is 0 Å². The Morgan fingerprint density at radius 2 is 1.62 bits per heavy atom. The van der Waals surface area contributed by atoms with Gasteiger partial charge in [0.1, 0.15) is 0 Å². The van der Waals surface area contributed by atoms with Gasteiger partial charge in [0.15, 0.2) is 0 Å². The summed E-state index contributed by atoms with van der Waals surface area (Å²) in [6.07, 6.45) is 12.2. The van der Waals surface area contributed by atoms with E-state index in [1.807, 2.05) is 22.7 Å². The lowest BCUT2D eigenvalue weighted by atomic mass is 9.97. The lowest BCUT2D eigenvalue weighted by Gasteiger charge is -2.11. The molecule has 0 amide bonds. The van der Waals surface area contributed by atoms with Crippen LogP contribution in [0.1, 0.15) is 21.7 Å². The van der Waals surface area contributed by atoms with Gasteiger partial charge in [-0.3, -0.25) is 0 Å². The van der Waals surface area contributed by atoms with Crippen molar-refractivity contribution in [3.05, 3.63) is 78.9 Å². The number of hydrogen-bond acceptors (Lipinski definition) is 2. The SMILES string of the molecule is Brc1c(Cc2ccccc2)sc2c(Br)c(CC3C=CC=CC3)sc12. The van der Waals surface area contributed by atoms with Crippen LogP contribution in [0.3, 0.4) is 0 Å². The average Bonchev–Trinajstić information content (AvgIpc) is 3.08. The molecule has 0 radical (unpaired) electrons. The molecule has 0 nitrogen and oxygen atoms in total. The van der Waals surface area contributed by atoms with Gasteiger partial charge in [-0.25, -0.2) is 0 Å². The molecule has 4 heteroatoms. The molecule has 2 heterocycles. The molecule has 122 valence electrons. The van der Waals surface area contributed by atoms with Gasteiger partial charge in [-0.05, 0) is 56.2 Å². The maximum atomic E-state index is 3.87. The maximum absolute atomic E-state index is 3.87. The Hall–Kier alpha value is -0.680. The van der Waals surface area contributed by atoms with Crippen LogP contribution in [0.5, 0.6) is 0 Å². The van der Waals surface area contributed by atoms with E-state index in [4.69, 9.17) is 0 Å². The largest absolute Gasteiger partial charge is 0.137 e. The number of fused-ring (bicyclic) bond motifs is 1. The summed E-state index contributed by atoms with van der Waals surface area (Å²) in [5, 5.41) is 0. The van der Waals surface area contributed by atoms with Crippen molar-refractivity contribution >= 4 is 63.9 Å². The Balaban J connectivity index is 1.63. The Labute approximate surface area is 167 Å². The monoisotopic (exact) mass is 478 g/mol. The third kappa shape index (κ3) is 3.34. The second kappa shape index (κ2) is 7.28. The van der Waals surface area contributed by atoms with Crippen molar-refractivity contribution in [2.75, 3.05) is 0 Å². The number of rotatable bonds is 4.